The van der Waals surface area contributed by atoms with Gasteiger partial charge < -0.3 is 24.6 Å². The van der Waals surface area contributed by atoms with E-state index in [1.165, 1.54) is 6.08 Å². The summed E-state index contributed by atoms with van der Waals surface area (Å²) in [6, 6.07) is 30.0. The van der Waals surface area contributed by atoms with Gasteiger partial charge in [0.15, 0.2) is 6.29 Å². The van der Waals surface area contributed by atoms with E-state index in [2.05, 4.69) is 35.9 Å². The minimum atomic E-state index is -0.557. The summed E-state index contributed by atoms with van der Waals surface area (Å²) in [6.07, 6.45) is 2.02. The molecular formula is C35H36N2O5S. The van der Waals surface area contributed by atoms with Crippen molar-refractivity contribution in [3.8, 4) is 11.1 Å². The number of rotatable bonds is 11. The number of alkyl carbamates (subject to hydrolysis) is 1. The predicted molar refractivity (Wildman–Crippen MR) is 168 cm³/mol. The Morgan fingerprint density at radius 3 is 2.47 bits per heavy atom. The Labute approximate surface area is 256 Å². The minimum Gasteiger partial charge on any atom is -0.445 e. The number of benzene rings is 3. The van der Waals surface area contributed by atoms with E-state index in [-0.39, 0.29) is 31.3 Å². The molecule has 0 spiro atoms. The molecule has 5 rings (SSSR count). The van der Waals surface area contributed by atoms with Crippen molar-refractivity contribution in [2.24, 2.45) is 5.92 Å². The molecule has 0 saturated carbocycles. The number of aliphatic hydroxyl groups is 1. The summed E-state index contributed by atoms with van der Waals surface area (Å²) in [7, 11) is 0. The molecule has 1 saturated heterocycles. The summed E-state index contributed by atoms with van der Waals surface area (Å²) in [4.78, 5) is 16.4. The zero-order chi connectivity index (χ0) is 30.0. The summed E-state index contributed by atoms with van der Waals surface area (Å²) < 4.78 is 18.2. The number of hydrogen-bond acceptors (Lipinski definition) is 7. The Kier molecular flexibility index (Phi) is 10.6. The monoisotopic (exact) mass is 596 g/mol. The van der Waals surface area contributed by atoms with Crippen LogP contribution in [-0.4, -0.2) is 34.6 Å². The van der Waals surface area contributed by atoms with Gasteiger partial charge in [-0.2, -0.15) is 0 Å². The van der Waals surface area contributed by atoms with E-state index >= 15 is 0 Å². The van der Waals surface area contributed by atoms with E-state index in [0.717, 1.165) is 44.2 Å². The maximum absolute atomic E-state index is 12.0. The molecule has 3 aromatic carbocycles. The zero-order valence-corrected chi connectivity index (χ0v) is 24.9. The first-order valence-electron chi connectivity index (χ1n) is 14.3. The molecule has 2 N–H and O–H groups in total. The number of ether oxygens (including phenoxy) is 3. The van der Waals surface area contributed by atoms with Crippen LogP contribution in [-0.2, 0) is 27.4 Å². The number of nitrogens with zero attached hydrogens (tertiary/aromatic N) is 1. The van der Waals surface area contributed by atoms with Gasteiger partial charge in [0.05, 0.1) is 23.8 Å². The first kappa shape index (κ1) is 30.5. The van der Waals surface area contributed by atoms with Crippen LogP contribution in [0.3, 0.4) is 0 Å². The second-order valence-electron chi connectivity index (χ2n) is 10.3. The highest BCUT2D eigenvalue weighted by atomic mass is 32.2. The SMILES string of the molecule is C=CCOC(=O)NCc1ccccc1-c1ccc(C2OC(CSc3ccccn3)C(C)C(c3ccc(CO)cc3)O2)cc1. The highest BCUT2D eigenvalue weighted by molar-refractivity contribution is 7.99. The Bertz CT molecular complexity index is 1480. The second-order valence-corrected chi connectivity index (χ2v) is 11.4. The number of aromatic nitrogens is 1. The summed E-state index contributed by atoms with van der Waals surface area (Å²) in [5.74, 6) is 0.820. The number of thioether (sulfide) groups is 1. The van der Waals surface area contributed by atoms with Crippen LogP contribution in [0.15, 0.2) is 115 Å². The number of pyridine rings is 1. The summed E-state index contributed by atoms with van der Waals surface area (Å²) in [6.45, 7) is 6.23. The van der Waals surface area contributed by atoms with Gasteiger partial charge in [-0.05, 0) is 39.9 Å². The summed E-state index contributed by atoms with van der Waals surface area (Å²) in [5, 5.41) is 13.3. The van der Waals surface area contributed by atoms with Crippen molar-refractivity contribution in [2.75, 3.05) is 12.4 Å². The summed E-state index contributed by atoms with van der Waals surface area (Å²) >= 11 is 1.67. The van der Waals surface area contributed by atoms with E-state index in [1.54, 1.807) is 18.0 Å². The predicted octanol–water partition coefficient (Wildman–Crippen LogP) is 7.24. The number of nitrogens with one attached hydrogen (secondary N) is 1. The van der Waals surface area contributed by atoms with Crippen molar-refractivity contribution < 1.29 is 24.1 Å². The molecule has 1 aliphatic rings. The molecular weight excluding hydrogens is 560 g/mol. The quantitative estimate of drug-likeness (QED) is 0.139. The van der Waals surface area contributed by atoms with Crippen molar-refractivity contribution in [2.45, 2.75) is 43.6 Å². The molecule has 8 heteroatoms. The van der Waals surface area contributed by atoms with Gasteiger partial charge in [-0.3, -0.25) is 0 Å². The molecule has 4 unspecified atom stereocenters. The number of carbonyl (C=O) groups excluding carboxylic acids is 1. The minimum absolute atomic E-state index is 0.00136. The number of aliphatic hydroxyl groups excluding tert-OH is 1. The van der Waals surface area contributed by atoms with Crippen LogP contribution in [0, 0.1) is 5.92 Å². The van der Waals surface area contributed by atoms with Crippen LogP contribution < -0.4 is 5.32 Å². The van der Waals surface area contributed by atoms with Crippen molar-refractivity contribution in [1.29, 1.82) is 0 Å². The first-order chi connectivity index (χ1) is 21.1. The van der Waals surface area contributed by atoms with Gasteiger partial charge in [-0.25, -0.2) is 9.78 Å². The van der Waals surface area contributed by atoms with Crippen LogP contribution in [0.25, 0.3) is 11.1 Å². The average molecular weight is 597 g/mol. The summed E-state index contributed by atoms with van der Waals surface area (Å²) in [5.41, 5.74) is 5.84. The third-order valence-corrected chi connectivity index (χ3v) is 8.46. The highest BCUT2D eigenvalue weighted by Crippen LogP contribution is 2.43. The molecule has 0 radical (unpaired) electrons. The lowest BCUT2D eigenvalue weighted by Crippen LogP contribution is -2.38. The van der Waals surface area contributed by atoms with E-state index in [9.17, 15) is 9.90 Å². The van der Waals surface area contributed by atoms with E-state index in [1.807, 2.05) is 78.9 Å². The highest BCUT2D eigenvalue weighted by Gasteiger charge is 2.38. The molecule has 4 atom stereocenters. The lowest BCUT2D eigenvalue weighted by Gasteiger charge is -2.41. The van der Waals surface area contributed by atoms with Crippen molar-refractivity contribution in [3.63, 3.8) is 0 Å². The van der Waals surface area contributed by atoms with Gasteiger partial charge in [0, 0.05) is 30.0 Å². The molecule has 4 aromatic rings. The van der Waals surface area contributed by atoms with E-state index in [4.69, 9.17) is 14.2 Å². The molecule has 1 fully saturated rings. The van der Waals surface area contributed by atoms with Gasteiger partial charge in [-0.15, -0.1) is 11.8 Å². The van der Waals surface area contributed by atoms with Crippen LogP contribution in [0.2, 0.25) is 0 Å². The molecule has 1 aliphatic heterocycles. The van der Waals surface area contributed by atoms with Crippen LogP contribution in [0.5, 0.6) is 0 Å². The molecule has 7 nitrogen and oxygen atoms in total. The molecule has 222 valence electrons. The largest absolute Gasteiger partial charge is 0.445 e. The average Bonchev–Trinajstić information content (AvgIpc) is 3.06. The van der Waals surface area contributed by atoms with Crippen LogP contribution >= 0.6 is 11.8 Å². The fourth-order valence-corrected chi connectivity index (χ4v) is 6.07. The lowest BCUT2D eigenvalue weighted by atomic mass is 9.91. The Hall–Kier alpha value is -3.95. The Morgan fingerprint density at radius 2 is 1.74 bits per heavy atom. The number of hydrogen-bond donors (Lipinski definition) is 2. The molecule has 0 bridgehead atoms. The molecule has 1 aromatic heterocycles. The van der Waals surface area contributed by atoms with Crippen LogP contribution in [0.1, 0.15) is 41.6 Å². The molecule has 1 amide bonds. The Balaban J connectivity index is 1.35. The van der Waals surface area contributed by atoms with Crippen LogP contribution in [0.4, 0.5) is 4.79 Å². The normalized spacial score (nSPS) is 19.9. The van der Waals surface area contributed by atoms with Gasteiger partial charge in [0.1, 0.15) is 6.61 Å². The van der Waals surface area contributed by atoms with Gasteiger partial charge in [-0.1, -0.05) is 98.4 Å². The maximum Gasteiger partial charge on any atom is 0.407 e. The maximum atomic E-state index is 12.0. The first-order valence-corrected chi connectivity index (χ1v) is 15.3. The number of carbonyl (C=O) groups is 1. The van der Waals surface area contributed by atoms with Gasteiger partial charge in [0.25, 0.3) is 0 Å². The zero-order valence-electron chi connectivity index (χ0n) is 24.1. The third kappa shape index (κ3) is 7.91. The standard InChI is InChI=1S/C35H36N2O5S/c1-3-20-40-35(39)37-21-29-8-4-5-9-30(29)26-15-17-28(18-16-26)34-41-31(23-43-32-10-6-7-19-36-32)24(2)33(42-34)27-13-11-25(22-38)12-14-27/h3-19,24,31,33-34,38H,1,20-23H2,2H3,(H,37,39). The third-order valence-electron chi connectivity index (χ3n) is 7.42. The number of amides is 1. The fraction of sp³-hybridized carbons (Fsp3) is 0.257. The molecule has 2 heterocycles. The smallest absolute Gasteiger partial charge is 0.407 e. The van der Waals surface area contributed by atoms with Crippen molar-refractivity contribution >= 4 is 17.9 Å². The van der Waals surface area contributed by atoms with E-state index < -0.39 is 12.4 Å². The van der Waals surface area contributed by atoms with Gasteiger partial charge >= 0.3 is 6.09 Å². The van der Waals surface area contributed by atoms with Crippen molar-refractivity contribution in [1.82, 2.24) is 10.3 Å². The fourth-order valence-electron chi connectivity index (χ4n) is 5.04. The lowest BCUT2D eigenvalue weighted by molar-refractivity contribution is -0.268. The Morgan fingerprint density at radius 1 is 1.00 bits per heavy atom. The molecule has 0 aliphatic carbocycles. The topological polar surface area (TPSA) is 89.9 Å². The van der Waals surface area contributed by atoms with Crippen molar-refractivity contribution in [3.05, 3.63) is 132 Å². The van der Waals surface area contributed by atoms with E-state index in [0.29, 0.717) is 6.54 Å². The van der Waals surface area contributed by atoms with Gasteiger partial charge in [0.2, 0.25) is 0 Å². The second kappa shape index (κ2) is 15.0. The molecule has 43 heavy (non-hydrogen) atoms.